The highest BCUT2D eigenvalue weighted by Crippen LogP contribution is 2.59. The van der Waals surface area contributed by atoms with Gasteiger partial charge in [0.25, 0.3) is 0 Å². The molecule has 23 heavy (non-hydrogen) atoms. The van der Waals surface area contributed by atoms with Gasteiger partial charge in [0.05, 0.1) is 12.1 Å². The largest absolute Gasteiger partial charge is 0.454 e. The molecule has 0 radical (unpaired) electrons. The molecule has 1 aromatic rings. The number of carbonyl (C=O) groups is 1. The van der Waals surface area contributed by atoms with E-state index in [4.69, 9.17) is 32.7 Å². The molecule has 0 unspecified atom stereocenters. The zero-order valence-corrected chi connectivity index (χ0v) is 14.2. The molecule has 7 heteroatoms. The van der Waals surface area contributed by atoms with Crippen molar-refractivity contribution in [1.82, 2.24) is 5.43 Å². The van der Waals surface area contributed by atoms with E-state index in [0.29, 0.717) is 11.5 Å². The maximum atomic E-state index is 12.2. The van der Waals surface area contributed by atoms with Gasteiger partial charge in [-0.2, -0.15) is 5.10 Å². The first kappa shape index (κ1) is 16.1. The van der Waals surface area contributed by atoms with Gasteiger partial charge in [-0.25, -0.2) is 5.43 Å². The Balaban J connectivity index is 1.60. The SMILES string of the molecule is CC1(C)[C@H](C=C(Cl)Cl)[C@H]1C(=O)N/N=C\c1ccc2c(c1)OCO2. The number of amides is 1. The van der Waals surface area contributed by atoms with E-state index in [2.05, 4.69) is 10.5 Å². The van der Waals surface area contributed by atoms with Gasteiger partial charge < -0.3 is 9.47 Å². The van der Waals surface area contributed by atoms with Crippen molar-refractivity contribution >= 4 is 35.3 Å². The predicted octanol–water partition coefficient (Wildman–Crippen LogP) is 3.46. The van der Waals surface area contributed by atoms with Crippen molar-refractivity contribution in [2.24, 2.45) is 22.4 Å². The summed E-state index contributed by atoms with van der Waals surface area (Å²) in [4.78, 5) is 12.2. The van der Waals surface area contributed by atoms with Gasteiger partial charge in [0.15, 0.2) is 11.5 Å². The highest BCUT2D eigenvalue weighted by Gasteiger charge is 2.60. The molecule has 1 aromatic carbocycles. The maximum Gasteiger partial charge on any atom is 0.244 e. The number of benzene rings is 1. The molecule has 122 valence electrons. The minimum atomic E-state index is -0.191. The molecule has 0 saturated heterocycles. The number of fused-ring (bicyclic) bond motifs is 1. The molecule has 1 aliphatic carbocycles. The topological polar surface area (TPSA) is 59.9 Å². The van der Waals surface area contributed by atoms with E-state index in [1.165, 1.54) is 0 Å². The van der Waals surface area contributed by atoms with Crippen LogP contribution in [0.25, 0.3) is 0 Å². The molecule has 1 saturated carbocycles. The van der Waals surface area contributed by atoms with E-state index < -0.39 is 0 Å². The fourth-order valence-corrected chi connectivity index (χ4v) is 3.13. The molecule has 2 atom stereocenters. The van der Waals surface area contributed by atoms with Crippen molar-refractivity contribution in [1.29, 1.82) is 0 Å². The number of halogens is 2. The highest BCUT2D eigenvalue weighted by atomic mass is 35.5. The van der Waals surface area contributed by atoms with Gasteiger partial charge in [0, 0.05) is 0 Å². The van der Waals surface area contributed by atoms with Crippen LogP contribution in [0.5, 0.6) is 11.5 Å². The number of ether oxygens (including phenoxy) is 2. The molecule has 1 fully saturated rings. The van der Waals surface area contributed by atoms with Crippen LogP contribution in [-0.4, -0.2) is 18.9 Å². The first-order chi connectivity index (χ1) is 10.9. The van der Waals surface area contributed by atoms with E-state index in [-0.39, 0.29) is 34.4 Å². The van der Waals surface area contributed by atoms with Crippen molar-refractivity contribution in [3.8, 4) is 11.5 Å². The van der Waals surface area contributed by atoms with Crippen LogP contribution in [0.4, 0.5) is 0 Å². The zero-order valence-electron chi connectivity index (χ0n) is 12.7. The Morgan fingerprint density at radius 3 is 2.83 bits per heavy atom. The molecule has 0 bridgehead atoms. The van der Waals surface area contributed by atoms with Crippen LogP contribution < -0.4 is 14.9 Å². The molecule has 1 aliphatic heterocycles. The van der Waals surface area contributed by atoms with Gasteiger partial charge in [0.1, 0.15) is 4.49 Å². The summed E-state index contributed by atoms with van der Waals surface area (Å²) in [7, 11) is 0. The third-order valence-electron chi connectivity index (χ3n) is 4.28. The summed E-state index contributed by atoms with van der Waals surface area (Å²) in [6, 6.07) is 5.44. The second-order valence-electron chi connectivity index (χ2n) is 6.13. The summed E-state index contributed by atoms with van der Waals surface area (Å²) in [6.45, 7) is 4.22. The van der Waals surface area contributed by atoms with Crippen LogP contribution in [0, 0.1) is 17.3 Å². The summed E-state index contributed by atoms with van der Waals surface area (Å²) in [5, 5.41) is 4.00. The first-order valence-electron chi connectivity index (χ1n) is 7.15. The van der Waals surface area contributed by atoms with Crippen LogP contribution in [0.1, 0.15) is 19.4 Å². The average molecular weight is 355 g/mol. The smallest absolute Gasteiger partial charge is 0.244 e. The lowest BCUT2D eigenvalue weighted by atomic mass is 10.1. The fraction of sp³-hybridized carbons (Fsp3) is 0.375. The number of rotatable bonds is 4. The molecule has 0 spiro atoms. The monoisotopic (exact) mass is 354 g/mol. The minimum Gasteiger partial charge on any atom is -0.454 e. The van der Waals surface area contributed by atoms with Gasteiger partial charge in [0.2, 0.25) is 12.7 Å². The van der Waals surface area contributed by atoms with Crippen LogP contribution >= 0.6 is 23.2 Å². The Hall–Kier alpha value is -1.72. The third kappa shape index (κ3) is 3.31. The van der Waals surface area contributed by atoms with E-state index in [1.807, 2.05) is 19.9 Å². The van der Waals surface area contributed by atoms with Crippen LogP contribution in [0.2, 0.25) is 0 Å². The number of carbonyl (C=O) groups excluding carboxylic acids is 1. The van der Waals surface area contributed by atoms with Gasteiger partial charge in [-0.3, -0.25) is 4.79 Å². The normalized spacial score (nSPS) is 23.7. The summed E-state index contributed by atoms with van der Waals surface area (Å²) in [5.41, 5.74) is 3.20. The van der Waals surface area contributed by atoms with E-state index in [9.17, 15) is 4.79 Å². The second-order valence-corrected chi connectivity index (χ2v) is 7.14. The van der Waals surface area contributed by atoms with Crippen molar-refractivity contribution in [2.45, 2.75) is 13.8 Å². The van der Waals surface area contributed by atoms with Crippen LogP contribution in [-0.2, 0) is 4.79 Å². The third-order valence-corrected chi connectivity index (χ3v) is 4.54. The molecule has 1 amide bonds. The number of hydrazone groups is 1. The van der Waals surface area contributed by atoms with E-state index >= 15 is 0 Å². The lowest BCUT2D eigenvalue weighted by Gasteiger charge is -2.01. The minimum absolute atomic E-state index is 0.0215. The lowest BCUT2D eigenvalue weighted by molar-refractivity contribution is -0.123. The van der Waals surface area contributed by atoms with Gasteiger partial charge in [-0.05, 0) is 41.2 Å². The Kier molecular flexibility index (Phi) is 4.25. The summed E-state index contributed by atoms with van der Waals surface area (Å²) in [6.07, 6.45) is 3.27. The standard InChI is InChI=1S/C16H16Cl2N2O3/c1-16(2)10(6-13(17)18)14(16)15(21)20-19-7-9-3-4-11-12(5-9)23-8-22-11/h3-7,10,14H,8H2,1-2H3,(H,20,21)/b19-7-/t10-,14+/m1/s1. The van der Waals surface area contributed by atoms with Crippen molar-refractivity contribution < 1.29 is 14.3 Å². The zero-order chi connectivity index (χ0) is 16.6. The Morgan fingerprint density at radius 1 is 1.35 bits per heavy atom. The average Bonchev–Trinajstić information content (AvgIpc) is 2.85. The Labute approximate surface area is 144 Å². The lowest BCUT2D eigenvalue weighted by Crippen LogP contribution is -2.21. The quantitative estimate of drug-likeness (QED) is 0.665. The number of nitrogens with one attached hydrogen (secondary N) is 1. The van der Waals surface area contributed by atoms with Crippen molar-refractivity contribution in [2.75, 3.05) is 6.79 Å². The molecule has 2 aliphatic rings. The molecular weight excluding hydrogens is 339 g/mol. The van der Waals surface area contributed by atoms with Gasteiger partial charge in [-0.1, -0.05) is 37.0 Å². The van der Waals surface area contributed by atoms with Crippen molar-refractivity contribution in [3.63, 3.8) is 0 Å². The van der Waals surface area contributed by atoms with Crippen molar-refractivity contribution in [3.05, 3.63) is 34.3 Å². The van der Waals surface area contributed by atoms with Gasteiger partial charge >= 0.3 is 0 Å². The predicted molar refractivity (Wildman–Crippen MR) is 88.9 cm³/mol. The van der Waals surface area contributed by atoms with Crippen LogP contribution in [0.3, 0.4) is 0 Å². The first-order valence-corrected chi connectivity index (χ1v) is 7.90. The molecule has 1 heterocycles. The number of allylic oxidation sites excluding steroid dienone is 1. The summed E-state index contributed by atoms with van der Waals surface area (Å²) < 4.78 is 10.7. The number of hydrogen-bond acceptors (Lipinski definition) is 4. The maximum absolute atomic E-state index is 12.2. The molecular formula is C16H16Cl2N2O3. The molecule has 5 nitrogen and oxygen atoms in total. The summed E-state index contributed by atoms with van der Waals surface area (Å²) in [5.74, 6) is 1.06. The Morgan fingerprint density at radius 2 is 2.09 bits per heavy atom. The number of hydrogen-bond donors (Lipinski definition) is 1. The molecule has 3 rings (SSSR count). The highest BCUT2D eigenvalue weighted by molar-refractivity contribution is 6.55. The number of nitrogens with zero attached hydrogens (tertiary/aromatic N) is 1. The molecule has 1 N–H and O–H groups in total. The fourth-order valence-electron chi connectivity index (χ4n) is 2.86. The second kappa shape index (κ2) is 6.06. The van der Waals surface area contributed by atoms with E-state index in [0.717, 1.165) is 5.56 Å². The van der Waals surface area contributed by atoms with Crippen LogP contribution in [0.15, 0.2) is 33.9 Å². The Bertz CT molecular complexity index is 697. The summed E-state index contributed by atoms with van der Waals surface area (Å²) >= 11 is 11.4. The molecule has 0 aromatic heterocycles. The van der Waals surface area contributed by atoms with E-state index in [1.54, 1.807) is 24.4 Å². The van der Waals surface area contributed by atoms with Gasteiger partial charge in [-0.15, -0.1) is 0 Å².